The highest BCUT2D eigenvalue weighted by atomic mass is 32.2. The Morgan fingerprint density at radius 3 is 2.70 bits per heavy atom. The Morgan fingerprint density at radius 2 is 1.97 bits per heavy atom. The number of hydrogen-bond donors (Lipinski definition) is 1. The molecule has 1 aliphatic rings. The van der Waals surface area contributed by atoms with E-state index in [2.05, 4.69) is 21.3 Å². The average Bonchev–Trinajstić information content (AvgIpc) is 2.78. The average molecular weight is 419 g/mol. The van der Waals surface area contributed by atoms with Gasteiger partial charge in [-0.1, -0.05) is 23.4 Å². The van der Waals surface area contributed by atoms with Gasteiger partial charge in [0.05, 0.1) is 30.0 Å². The highest BCUT2D eigenvalue weighted by Gasteiger charge is 2.13. The number of benzene rings is 2. The van der Waals surface area contributed by atoms with E-state index in [1.165, 1.54) is 11.8 Å². The van der Waals surface area contributed by atoms with Crippen LogP contribution in [0, 0.1) is 18.3 Å². The fourth-order valence-electron chi connectivity index (χ4n) is 3.38. The van der Waals surface area contributed by atoms with Crippen molar-refractivity contribution in [3.8, 4) is 6.07 Å². The van der Waals surface area contributed by atoms with Gasteiger partial charge in [-0.2, -0.15) is 5.26 Å². The zero-order valence-electron chi connectivity index (χ0n) is 16.7. The first-order chi connectivity index (χ1) is 14.6. The number of carbonyl (C=O) groups is 1. The molecule has 1 aromatic heterocycles. The van der Waals surface area contributed by atoms with Crippen molar-refractivity contribution in [2.75, 3.05) is 42.3 Å². The Morgan fingerprint density at radius 1 is 1.20 bits per heavy atom. The maximum atomic E-state index is 12.4. The summed E-state index contributed by atoms with van der Waals surface area (Å²) in [4.78, 5) is 19.3. The van der Waals surface area contributed by atoms with Crippen molar-refractivity contribution in [3.05, 3.63) is 59.7 Å². The predicted molar refractivity (Wildman–Crippen MR) is 120 cm³/mol. The van der Waals surface area contributed by atoms with Crippen LogP contribution in [0.5, 0.6) is 0 Å². The molecule has 7 heteroatoms. The third-order valence-corrected chi connectivity index (χ3v) is 5.91. The van der Waals surface area contributed by atoms with Crippen LogP contribution in [-0.4, -0.2) is 42.9 Å². The van der Waals surface area contributed by atoms with Gasteiger partial charge in [0.1, 0.15) is 11.1 Å². The number of hydrogen-bond acceptors (Lipinski definition) is 6. The number of nitrogens with one attached hydrogen (secondary N) is 1. The number of ether oxygens (including phenoxy) is 1. The van der Waals surface area contributed by atoms with Crippen molar-refractivity contribution in [3.63, 3.8) is 0 Å². The van der Waals surface area contributed by atoms with E-state index in [9.17, 15) is 10.1 Å². The molecule has 1 fully saturated rings. The number of rotatable bonds is 5. The van der Waals surface area contributed by atoms with Crippen LogP contribution in [0.1, 0.15) is 11.1 Å². The Kier molecular flexibility index (Phi) is 6.17. The Labute approximate surface area is 179 Å². The molecule has 0 atom stereocenters. The van der Waals surface area contributed by atoms with Gasteiger partial charge in [-0.25, -0.2) is 4.98 Å². The number of morpholine rings is 1. The number of thioether (sulfide) groups is 1. The highest BCUT2D eigenvalue weighted by molar-refractivity contribution is 8.00. The van der Waals surface area contributed by atoms with E-state index in [1.54, 1.807) is 0 Å². The zero-order chi connectivity index (χ0) is 20.9. The number of aryl methyl sites for hydroxylation is 1. The second kappa shape index (κ2) is 9.16. The van der Waals surface area contributed by atoms with Gasteiger partial charge in [-0.15, -0.1) is 0 Å². The summed E-state index contributed by atoms with van der Waals surface area (Å²) < 4.78 is 5.38. The van der Waals surface area contributed by atoms with Crippen molar-refractivity contribution >= 4 is 39.9 Å². The van der Waals surface area contributed by atoms with E-state index in [0.717, 1.165) is 54.1 Å². The topological polar surface area (TPSA) is 78.2 Å². The maximum absolute atomic E-state index is 12.4. The smallest absolute Gasteiger partial charge is 0.234 e. The summed E-state index contributed by atoms with van der Waals surface area (Å²) in [7, 11) is 0. The Hall–Kier alpha value is -3.08. The van der Waals surface area contributed by atoms with Crippen LogP contribution in [-0.2, 0) is 9.53 Å². The lowest BCUT2D eigenvalue weighted by molar-refractivity contribution is -0.113. The van der Waals surface area contributed by atoms with Gasteiger partial charge in [0, 0.05) is 29.9 Å². The molecule has 0 saturated carbocycles. The van der Waals surface area contributed by atoms with Crippen LogP contribution in [0.25, 0.3) is 10.9 Å². The van der Waals surface area contributed by atoms with Gasteiger partial charge >= 0.3 is 0 Å². The van der Waals surface area contributed by atoms with Crippen LogP contribution in [0.3, 0.4) is 0 Å². The van der Waals surface area contributed by atoms with Crippen molar-refractivity contribution in [1.29, 1.82) is 5.26 Å². The lowest BCUT2D eigenvalue weighted by atomic mass is 10.1. The second-order valence-corrected chi connectivity index (χ2v) is 8.10. The molecule has 1 amide bonds. The largest absolute Gasteiger partial charge is 0.378 e. The first-order valence-corrected chi connectivity index (χ1v) is 10.8. The van der Waals surface area contributed by atoms with Crippen LogP contribution >= 0.6 is 11.8 Å². The number of nitrogens with zero attached hydrogens (tertiary/aromatic N) is 3. The lowest BCUT2D eigenvalue weighted by Crippen LogP contribution is -2.36. The zero-order valence-corrected chi connectivity index (χ0v) is 17.5. The summed E-state index contributed by atoms with van der Waals surface area (Å²) >= 11 is 1.28. The van der Waals surface area contributed by atoms with E-state index < -0.39 is 0 Å². The van der Waals surface area contributed by atoms with Crippen LogP contribution in [0.4, 0.5) is 11.4 Å². The van der Waals surface area contributed by atoms with E-state index in [0.29, 0.717) is 10.6 Å². The first kappa shape index (κ1) is 20.2. The summed E-state index contributed by atoms with van der Waals surface area (Å²) in [6, 6.07) is 17.8. The first-order valence-electron chi connectivity index (χ1n) is 9.79. The molecule has 2 aromatic carbocycles. The molecule has 0 bridgehead atoms. The molecule has 0 radical (unpaired) electrons. The maximum Gasteiger partial charge on any atom is 0.234 e. The lowest BCUT2D eigenvalue weighted by Gasteiger charge is -2.28. The third kappa shape index (κ3) is 4.73. The monoisotopic (exact) mass is 418 g/mol. The standard InChI is InChI=1S/C23H22N4O2S/c1-16-2-7-21-17(12-16)13-18(14-24)23(26-21)30-15-22(28)25-19-3-5-20(6-4-19)27-8-10-29-11-9-27/h2-7,12-13H,8-11,15H2,1H3,(H,25,28). The number of anilines is 2. The molecule has 1 saturated heterocycles. The molecule has 6 nitrogen and oxygen atoms in total. The van der Waals surface area contributed by atoms with Crippen molar-refractivity contribution in [2.24, 2.45) is 0 Å². The molecular formula is C23H22N4O2S. The fraction of sp³-hybridized carbons (Fsp3) is 0.261. The quantitative estimate of drug-likeness (QED) is 0.632. The van der Waals surface area contributed by atoms with Gasteiger partial charge < -0.3 is 15.0 Å². The number of carbonyl (C=O) groups excluding carboxylic acids is 1. The van der Waals surface area contributed by atoms with Gasteiger partial charge in [-0.3, -0.25) is 4.79 Å². The van der Waals surface area contributed by atoms with Crippen LogP contribution in [0.15, 0.2) is 53.6 Å². The minimum atomic E-state index is -0.131. The van der Waals surface area contributed by atoms with Crippen LogP contribution in [0.2, 0.25) is 0 Å². The molecule has 30 heavy (non-hydrogen) atoms. The number of aromatic nitrogens is 1. The summed E-state index contributed by atoms with van der Waals surface area (Å²) in [6.07, 6.45) is 0. The van der Waals surface area contributed by atoms with E-state index in [-0.39, 0.29) is 11.7 Å². The van der Waals surface area contributed by atoms with Gasteiger partial charge in [0.25, 0.3) is 0 Å². The van der Waals surface area contributed by atoms with Gasteiger partial charge in [0.2, 0.25) is 5.91 Å². The number of amides is 1. The molecule has 1 aliphatic heterocycles. The van der Waals surface area contributed by atoms with Crippen LogP contribution < -0.4 is 10.2 Å². The summed E-state index contributed by atoms with van der Waals surface area (Å²) in [6.45, 7) is 5.24. The Bertz CT molecular complexity index is 1100. The fourth-order valence-corrected chi connectivity index (χ4v) is 4.14. The summed E-state index contributed by atoms with van der Waals surface area (Å²) in [5, 5.41) is 13.9. The molecule has 2 heterocycles. The minimum Gasteiger partial charge on any atom is -0.378 e. The van der Waals surface area contributed by atoms with Gasteiger partial charge in [-0.05, 0) is 49.4 Å². The predicted octanol–water partition coefficient (Wildman–Crippen LogP) is 3.98. The number of pyridine rings is 1. The van der Waals surface area contributed by atoms with E-state index in [4.69, 9.17) is 4.74 Å². The number of fused-ring (bicyclic) bond motifs is 1. The van der Waals surface area contributed by atoms with Crippen molar-refractivity contribution in [1.82, 2.24) is 4.98 Å². The van der Waals surface area contributed by atoms with Crippen molar-refractivity contribution < 1.29 is 9.53 Å². The third-order valence-electron chi connectivity index (χ3n) is 4.92. The summed E-state index contributed by atoms with van der Waals surface area (Å²) in [5.41, 5.74) is 4.30. The molecule has 152 valence electrons. The van der Waals surface area contributed by atoms with Gasteiger partial charge in [0.15, 0.2) is 0 Å². The second-order valence-electron chi connectivity index (χ2n) is 7.13. The molecular weight excluding hydrogens is 396 g/mol. The molecule has 1 N–H and O–H groups in total. The minimum absolute atomic E-state index is 0.131. The highest BCUT2D eigenvalue weighted by Crippen LogP contribution is 2.26. The number of nitriles is 1. The van der Waals surface area contributed by atoms with Crippen molar-refractivity contribution in [2.45, 2.75) is 11.9 Å². The van der Waals surface area contributed by atoms with E-state index >= 15 is 0 Å². The molecule has 0 spiro atoms. The normalized spacial score (nSPS) is 13.8. The molecule has 0 aliphatic carbocycles. The molecule has 3 aromatic rings. The molecule has 0 unspecified atom stereocenters. The molecule has 4 rings (SSSR count). The summed E-state index contributed by atoms with van der Waals surface area (Å²) in [5.74, 6) is 0.0541. The Balaban J connectivity index is 1.39. The van der Waals surface area contributed by atoms with E-state index in [1.807, 2.05) is 55.5 Å². The SMILES string of the molecule is Cc1ccc2nc(SCC(=O)Nc3ccc(N4CCOCC4)cc3)c(C#N)cc2c1.